The number of nitrogens with one attached hydrogen (secondary N) is 1. The smallest absolute Gasteiger partial charge is 0.236 e. The van der Waals surface area contributed by atoms with Gasteiger partial charge in [-0.15, -0.1) is 0 Å². The molecule has 3 rings (SSSR count). The molecule has 10 heteroatoms. The van der Waals surface area contributed by atoms with Crippen molar-refractivity contribution in [1.29, 1.82) is 0 Å². The maximum Gasteiger partial charge on any atom is 0.236 e. The van der Waals surface area contributed by atoms with Crippen molar-refractivity contribution < 1.29 is 23.8 Å². The molecule has 1 N–H and O–H groups in total. The second-order valence-corrected chi connectivity index (χ2v) is 8.06. The Morgan fingerprint density at radius 1 is 1.06 bits per heavy atom. The number of imide groups is 1. The number of ether oxygens (including phenoxy) is 3. The Hall–Kier alpha value is -3.79. The van der Waals surface area contributed by atoms with Crippen molar-refractivity contribution >= 4 is 29.9 Å². The number of rotatable bonds is 11. The second kappa shape index (κ2) is 15.2. The molecule has 1 heterocycles. The SMILES string of the molecule is COc1ccc(Oc2cc(N(C)CCOc3ccc(C)cc3)ncn2)cc1.CSCC(=O)NC=O. The van der Waals surface area contributed by atoms with Crippen LogP contribution in [0, 0.1) is 6.92 Å². The van der Waals surface area contributed by atoms with Crippen molar-refractivity contribution in [2.24, 2.45) is 0 Å². The lowest BCUT2D eigenvalue weighted by Crippen LogP contribution is -2.24. The van der Waals surface area contributed by atoms with E-state index in [1.165, 1.54) is 23.7 Å². The zero-order valence-electron chi connectivity index (χ0n) is 20.3. The zero-order valence-corrected chi connectivity index (χ0v) is 21.1. The van der Waals surface area contributed by atoms with E-state index in [1.54, 1.807) is 19.4 Å². The number of aromatic nitrogens is 2. The molecule has 0 aliphatic heterocycles. The molecule has 0 aliphatic rings. The van der Waals surface area contributed by atoms with Crippen molar-refractivity contribution in [2.75, 3.05) is 44.2 Å². The Morgan fingerprint density at radius 2 is 1.71 bits per heavy atom. The first-order valence-electron chi connectivity index (χ1n) is 10.7. The minimum absolute atomic E-state index is 0.243. The average Bonchev–Trinajstić information content (AvgIpc) is 2.86. The van der Waals surface area contributed by atoms with Gasteiger partial charge < -0.3 is 19.1 Å². The summed E-state index contributed by atoms with van der Waals surface area (Å²) in [6.07, 6.45) is 3.68. The van der Waals surface area contributed by atoms with Gasteiger partial charge in [-0.3, -0.25) is 14.9 Å². The largest absolute Gasteiger partial charge is 0.497 e. The predicted octanol–water partition coefficient (Wildman–Crippen LogP) is 3.72. The highest BCUT2D eigenvalue weighted by molar-refractivity contribution is 7.99. The van der Waals surface area contributed by atoms with Crippen LogP contribution in [0.1, 0.15) is 5.56 Å². The van der Waals surface area contributed by atoms with Gasteiger partial charge in [0, 0.05) is 13.1 Å². The van der Waals surface area contributed by atoms with E-state index in [2.05, 4.69) is 16.9 Å². The summed E-state index contributed by atoms with van der Waals surface area (Å²) < 4.78 is 16.7. The van der Waals surface area contributed by atoms with E-state index >= 15 is 0 Å². The van der Waals surface area contributed by atoms with Crippen molar-refractivity contribution in [3.63, 3.8) is 0 Å². The molecule has 0 bridgehead atoms. The number of hydrogen-bond acceptors (Lipinski definition) is 9. The van der Waals surface area contributed by atoms with Crippen LogP contribution in [0.15, 0.2) is 60.9 Å². The first kappa shape index (κ1) is 27.5. The van der Waals surface area contributed by atoms with Crippen LogP contribution in [0.25, 0.3) is 0 Å². The van der Waals surface area contributed by atoms with Crippen molar-refractivity contribution in [2.45, 2.75) is 6.92 Å². The quantitative estimate of drug-likeness (QED) is 0.396. The molecule has 0 saturated carbocycles. The lowest BCUT2D eigenvalue weighted by atomic mass is 10.2. The van der Waals surface area contributed by atoms with Gasteiger partial charge >= 0.3 is 0 Å². The Bertz CT molecular complexity index is 1050. The zero-order chi connectivity index (χ0) is 25.5. The number of carbonyl (C=O) groups is 2. The Labute approximate surface area is 209 Å². The summed E-state index contributed by atoms with van der Waals surface area (Å²) in [4.78, 5) is 30.3. The molecule has 0 atom stereocenters. The van der Waals surface area contributed by atoms with Gasteiger partial charge in [-0.05, 0) is 49.6 Å². The second-order valence-electron chi connectivity index (χ2n) is 7.19. The fourth-order valence-corrected chi connectivity index (χ4v) is 2.99. The summed E-state index contributed by atoms with van der Waals surface area (Å²) >= 11 is 1.38. The van der Waals surface area contributed by atoms with Crippen molar-refractivity contribution in [3.05, 3.63) is 66.5 Å². The molecule has 0 fully saturated rings. The lowest BCUT2D eigenvalue weighted by molar-refractivity contribution is -0.123. The van der Waals surface area contributed by atoms with E-state index < -0.39 is 0 Å². The fraction of sp³-hybridized carbons (Fsp3) is 0.280. The third-order valence-corrected chi connectivity index (χ3v) is 5.06. The first-order chi connectivity index (χ1) is 16.9. The number of anilines is 1. The number of nitrogens with zero attached hydrogens (tertiary/aromatic N) is 3. The Morgan fingerprint density at radius 3 is 2.34 bits per heavy atom. The number of thioether (sulfide) groups is 1. The summed E-state index contributed by atoms with van der Waals surface area (Å²) in [6.45, 7) is 3.30. The monoisotopic (exact) mass is 498 g/mol. The predicted molar refractivity (Wildman–Crippen MR) is 138 cm³/mol. The van der Waals surface area contributed by atoms with Gasteiger partial charge in [-0.2, -0.15) is 11.8 Å². The van der Waals surface area contributed by atoms with E-state index in [-0.39, 0.29) is 5.91 Å². The van der Waals surface area contributed by atoms with Crippen LogP contribution >= 0.6 is 11.8 Å². The number of carbonyl (C=O) groups excluding carboxylic acids is 2. The van der Waals surface area contributed by atoms with Crippen molar-refractivity contribution in [3.8, 4) is 23.1 Å². The van der Waals surface area contributed by atoms with E-state index in [1.807, 2.05) is 65.8 Å². The van der Waals surface area contributed by atoms with Gasteiger partial charge in [0.1, 0.15) is 36.0 Å². The summed E-state index contributed by atoms with van der Waals surface area (Å²) in [5, 5.41) is 2.01. The molecular formula is C25H30N4O5S. The molecule has 0 radical (unpaired) electrons. The van der Waals surface area contributed by atoms with Gasteiger partial charge in [0.2, 0.25) is 18.2 Å². The highest BCUT2D eigenvalue weighted by Gasteiger charge is 2.07. The van der Waals surface area contributed by atoms with E-state index in [9.17, 15) is 9.59 Å². The van der Waals surface area contributed by atoms with E-state index in [0.717, 1.165) is 17.3 Å². The third kappa shape index (κ3) is 10.3. The molecule has 0 spiro atoms. The van der Waals surface area contributed by atoms with Crippen LogP contribution in [0.5, 0.6) is 23.1 Å². The summed E-state index contributed by atoms with van der Waals surface area (Å²) in [7, 11) is 3.59. The number of methoxy groups -OCH3 is 1. The molecule has 0 saturated heterocycles. The number of aryl methyl sites for hydroxylation is 1. The molecule has 186 valence electrons. The molecule has 35 heavy (non-hydrogen) atoms. The summed E-state index contributed by atoms with van der Waals surface area (Å²) in [5.41, 5.74) is 1.21. The third-order valence-electron chi connectivity index (χ3n) is 4.51. The lowest BCUT2D eigenvalue weighted by Gasteiger charge is -2.18. The minimum Gasteiger partial charge on any atom is -0.497 e. The van der Waals surface area contributed by atoms with Gasteiger partial charge in [0.25, 0.3) is 0 Å². The topological polar surface area (TPSA) is 103 Å². The highest BCUT2D eigenvalue weighted by Crippen LogP contribution is 2.24. The van der Waals surface area contributed by atoms with Gasteiger partial charge in [0.05, 0.1) is 19.4 Å². The maximum absolute atomic E-state index is 10.3. The molecule has 1 aromatic heterocycles. The standard InChI is InChI=1S/C21H23N3O3.C4H7NO2S/c1-16-4-6-18(7-5-16)26-13-12-24(2)20-14-21(23-15-22-20)27-19-10-8-17(25-3)9-11-19;1-8-2-4(7)5-3-6/h4-11,14-15H,12-13H2,1-3H3;3H,2H2,1H3,(H,5,6,7). The summed E-state index contributed by atoms with van der Waals surface area (Å²) in [5.74, 6) is 3.67. The van der Waals surface area contributed by atoms with Crippen LogP contribution < -0.4 is 24.4 Å². The number of hydrogen-bond donors (Lipinski definition) is 1. The normalized spacial score (nSPS) is 9.83. The molecule has 3 aromatic rings. The van der Waals surface area contributed by atoms with Crippen LogP contribution in [0.2, 0.25) is 0 Å². The van der Waals surface area contributed by atoms with Gasteiger partial charge in [0.15, 0.2) is 0 Å². The summed E-state index contributed by atoms with van der Waals surface area (Å²) in [6, 6.07) is 17.2. The molecule has 2 amide bonds. The van der Waals surface area contributed by atoms with Crippen LogP contribution in [0.4, 0.5) is 5.82 Å². The van der Waals surface area contributed by atoms with Crippen LogP contribution in [-0.4, -0.2) is 61.6 Å². The minimum atomic E-state index is -0.243. The number of amides is 2. The van der Waals surface area contributed by atoms with Gasteiger partial charge in [-0.1, -0.05) is 17.7 Å². The van der Waals surface area contributed by atoms with E-state index in [0.29, 0.717) is 36.9 Å². The first-order valence-corrected chi connectivity index (χ1v) is 12.1. The maximum atomic E-state index is 10.3. The molecule has 0 aliphatic carbocycles. The fourth-order valence-electron chi connectivity index (χ4n) is 2.65. The van der Waals surface area contributed by atoms with Crippen molar-refractivity contribution in [1.82, 2.24) is 15.3 Å². The molecule has 0 unspecified atom stereocenters. The molecular weight excluding hydrogens is 468 g/mol. The van der Waals surface area contributed by atoms with Crippen LogP contribution in [-0.2, 0) is 9.59 Å². The Kier molecular flexibility index (Phi) is 11.9. The number of benzene rings is 2. The molecule has 9 nitrogen and oxygen atoms in total. The van der Waals surface area contributed by atoms with E-state index in [4.69, 9.17) is 14.2 Å². The molecule has 2 aromatic carbocycles. The highest BCUT2D eigenvalue weighted by atomic mass is 32.2. The van der Waals surface area contributed by atoms with Gasteiger partial charge in [-0.25, -0.2) is 9.97 Å². The number of likely N-dealkylation sites (N-methyl/N-ethyl adjacent to an activating group) is 1. The average molecular weight is 499 g/mol. The Balaban J connectivity index is 0.000000466. The van der Waals surface area contributed by atoms with Crippen LogP contribution in [0.3, 0.4) is 0 Å².